The van der Waals surface area contributed by atoms with Crippen LogP contribution in [0.2, 0.25) is 0 Å². The number of nitrogens with two attached hydrogens (primary N) is 1. The normalized spacial score (nSPS) is 12.2. The number of hydrazine groups is 1. The van der Waals surface area contributed by atoms with Crippen molar-refractivity contribution in [3.8, 4) is 11.5 Å². The van der Waals surface area contributed by atoms with E-state index in [-0.39, 0.29) is 5.91 Å². The Hall–Kier alpha value is -1.79. The molecule has 0 aliphatic carbocycles. The maximum atomic E-state index is 11.9. The molecule has 0 heterocycles. The van der Waals surface area contributed by atoms with Gasteiger partial charge in [-0.05, 0) is 24.6 Å². The highest BCUT2D eigenvalue weighted by Crippen LogP contribution is 2.31. The van der Waals surface area contributed by atoms with Crippen LogP contribution in [0.1, 0.15) is 17.2 Å². The minimum Gasteiger partial charge on any atom is -0.496 e. The number of aryl methyl sites for hydroxylation is 1. The second kappa shape index (κ2) is 6.40. The molecule has 0 saturated heterocycles. The summed E-state index contributed by atoms with van der Waals surface area (Å²) in [6.07, 6.45) is 0. The molecule has 6 heteroatoms. The van der Waals surface area contributed by atoms with Gasteiger partial charge in [0.15, 0.2) is 0 Å². The van der Waals surface area contributed by atoms with Gasteiger partial charge in [0.2, 0.25) is 0 Å². The minimum absolute atomic E-state index is 0.311. The van der Waals surface area contributed by atoms with Crippen LogP contribution in [-0.2, 0) is 4.79 Å². The minimum atomic E-state index is -0.827. The number of nitrogens with one attached hydrogen (secondary N) is 1. The van der Waals surface area contributed by atoms with Crippen molar-refractivity contribution in [2.24, 2.45) is 5.73 Å². The first-order valence-corrected chi connectivity index (χ1v) is 5.86. The second-order valence-corrected chi connectivity index (χ2v) is 4.41. The molecule has 1 unspecified atom stereocenters. The monoisotopic (exact) mass is 267 g/mol. The molecule has 3 N–H and O–H groups in total. The molecule has 0 spiro atoms. The summed E-state index contributed by atoms with van der Waals surface area (Å²) in [5.74, 6) is 0.929. The van der Waals surface area contributed by atoms with E-state index in [4.69, 9.17) is 15.2 Å². The van der Waals surface area contributed by atoms with Gasteiger partial charge in [0.1, 0.15) is 17.5 Å². The highest BCUT2D eigenvalue weighted by molar-refractivity contribution is 5.83. The molecular weight excluding hydrogens is 246 g/mol. The summed E-state index contributed by atoms with van der Waals surface area (Å²) in [5, 5.41) is 1.54. The van der Waals surface area contributed by atoms with Gasteiger partial charge in [0, 0.05) is 19.7 Å². The molecule has 1 rings (SSSR count). The average Bonchev–Trinajstić information content (AvgIpc) is 2.36. The van der Waals surface area contributed by atoms with Crippen molar-refractivity contribution in [2.75, 3.05) is 28.3 Å². The van der Waals surface area contributed by atoms with E-state index >= 15 is 0 Å². The maximum Gasteiger partial charge on any atom is 0.255 e. The van der Waals surface area contributed by atoms with E-state index in [1.165, 1.54) is 0 Å². The molecular formula is C13H21N3O3. The van der Waals surface area contributed by atoms with E-state index in [9.17, 15) is 4.79 Å². The number of carbonyl (C=O) groups excluding carboxylic acids is 1. The van der Waals surface area contributed by atoms with E-state index in [1.807, 2.05) is 6.92 Å². The maximum absolute atomic E-state index is 11.9. The standard InChI is InChI=1S/C13H21N3O3/c1-8-6-11(19-5)9(7-10(8)18-4)12(14)13(17)15-16(2)3/h6-7,12H,14H2,1-5H3,(H,15,17). The second-order valence-electron chi connectivity index (χ2n) is 4.41. The lowest BCUT2D eigenvalue weighted by Gasteiger charge is -2.20. The topological polar surface area (TPSA) is 76.8 Å². The zero-order valence-electron chi connectivity index (χ0n) is 12.0. The van der Waals surface area contributed by atoms with Gasteiger partial charge in [0.25, 0.3) is 5.91 Å². The fourth-order valence-electron chi connectivity index (χ4n) is 1.75. The van der Waals surface area contributed by atoms with Crippen LogP contribution >= 0.6 is 0 Å². The Morgan fingerprint density at radius 1 is 1.26 bits per heavy atom. The Morgan fingerprint density at radius 2 is 1.84 bits per heavy atom. The van der Waals surface area contributed by atoms with Crippen LogP contribution in [0.25, 0.3) is 0 Å². The molecule has 1 aromatic rings. The predicted octanol–water partition coefficient (Wildman–Crippen LogP) is 0.605. The highest BCUT2D eigenvalue weighted by atomic mass is 16.5. The van der Waals surface area contributed by atoms with Gasteiger partial charge in [-0.2, -0.15) is 0 Å². The van der Waals surface area contributed by atoms with Gasteiger partial charge in [-0.15, -0.1) is 0 Å². The van der Waals surface area contributed by atoms with E-state index in [1.54, 1.807) is 45.5 Å². The summed E-state index contributed by atoms with van der Waals surface area (Å²) in [7, 11) is 6.56. The van der Waals surface area contributed by atoms with Crippen molar-refractivity contribution in [1.29, 1.82) is 0 Å². The third-order valence-corrected chi connectivity index (χ3v) is 2.70. The van der Waals surface area contributed by atoms with Crippen LogP contribution < -0.4 is 20.6 Å². The van der Waals surface area contributed by atoms with Crippen molar-refractivity contribution >= 4 is 5.91 Å². The molecule has 106 valence electrons. The molecule has 1 amide bonds. The van der Waals surface area contributed by atoms with Crippen molar-refractivity contribution in [2.45, 2.75) is 13.0 Å². The summed E-state index contributed by atoms with van der Waals surface area (Å²) < 4.78 is 10.5. The van der Waals surface area contributed by atoms with Gasteiger partial charge in [0.05, 0.1) is 14.2 Å². The lowest BCUT2D eigenvalue weighted by molar-refractivity contribution is -0.126. The highest BCUT2D eigenvalue weighted by Gasteiger charge is 2.21. The summed E-state index contributed by atoms with van der Waals surface area (Å²) in [5.41, 5.74) is 10.1. The van der Waals surface area contributed by atoms with Gasteiger partial charge >= 0.3 is 0 Å². The number of ether oxygens (including phenoxy) is 2. The summed E-state index contributed by atoms with van der Waals surface area (Å²) >= 11 is 0. The van der Waals surface area contributed by atoms with Crippen molar-refractivity contribution in [3.63, 3.8) is 0 Å². The molecule has 1 atom stereocenters. The zero-order valence-corrected chi connectivity index (χ0v) is 12.0. The third kappa shape index (κ3) is 3.59. The molecule has 0 saturated carbocycles. The molecule has 0 bridgehead atoms. The van der Waals surface area contributed by atoms with Crippen molar-refractivity contribution in [3.05, 3.63) is 23.3 Å². The van der Waals surface area contributed by atoms with Gasteiger partial charge in [-0.25, -0.2) is 5.01 Å². The number of benzene rings is 1. The largest absolute Gasteiger partial charge is 0.496 e. The fraction of sp³-hybridized carbons (Fsp3) is 0.462. The number of hydrogen-bond acceptors (Lipinski definition) is 5. The zero-order chi connectivity index (χ0) is 14.6. The summed E-state index contributed by atoms with van der Waals surface area (Å²) in [6.45, 7) is 1.90. The van der Waals surface area contributed by atoms with Crippen molar-refractivity contribution < 1.29 is 14.3 Å². The fourth-order valence-corrected chi connectivity index (χ4v) is 1.75. The SMILES string of the molecule is COc1cc(C(N)C(=O)NN(C)C)c(OC)cc1C. The van der Waals surface area contributed by atoms with Crippen LogP contribution in [0.15, 0.2) is 12.1 Å². The third-order valence-electron chi connectivity index (χ3n) is 2.70. The number of hydrogen-bond donors (Lipinski definition) is 2. The van der Waals surface area contributed by atoms with Crippen LogP contribution in [0, 0.1) is 6.92 Å². The average molecular weight is 267 g/mol. The number of nitrogens with zero attached hydrogens (tertiary/aromatic N) is 1. The first-order valence-electron chi connectivity index (χ1n) is 5.86. The molecule has 6 nitrogen and oxygen atoms in total. The quantitative estimate of drug-likeness (QED) is 0.764. The lowest BCUT2D eigenvalue weighted by atomic mass is 10.0. The first kappa shape index (κ1) is 15.3. The van der Waals surface area contributed by atoms with Crippen LogP contribution in [0.3, 0.4) is 0 Å². The van der Waals surface area contributed by atoms with E-state index in [0.717, 1.165) is 5.56 Å². The van der Waals surface area contributed by atoms with Gasteiger partial charge < -0.3 is 15.2 Å². The van der Waals surface area contributed by atoms with Crippen LogP contribution in [0.5, 0.6) is 11.5 Å². The Kier molecular flexibility index (Phi) is 5.14. The molecule has 0 aromatic heterocycles. The Morgan fingerprint density at radius 3 is 2.32 bits per heavy atom. The van der Waals surface area contributed by atoms with Gasteiger partial charge in [-0.3, -0.25) is 10.2 Å². The number of carbonyl (C=O) groups is 1. The Labute approximate surface area is 113 Å². The number of methoxy groups -OCH3 is 2. The van der Waals surface area contributed by atoms with E-state index in [2.05, 4.69) is 5.43 Å². The summed E-state index contributed by atoms with van der Waals surface area (Å²) in [6, 6.07) is 2.71. The Bertz CT molecular complexity index is 461. The first-order chi connectivity index (χ1) is 8.90. The Balaban J connectivity index is 3.13. The molecule has 1 aromatic carbocycles. The van der Waals surface area contributed by atoms with E-state index < -0.39 is 6.04 Å². The lowest BCUT2D eigenvalue weighted by Crippen LogP contribution is -2.42. The van der Waals surface area contributed by atoms with Crippen LogP contribution in [-0.4, -0.2) is 39.2 Å². The van der Waals surface area contributed by atoms with Crippen molar-refractivity contribution in [1.82, 2.24) is 10.4 Å². The number of rotatable bonds is 5. The predicted molar refractivity (Wildman–Crippen MR) is 73.0 cm³/mol. The van der Waals surface area contributed by atoms with Gasteiger partial charge in [-0.1, -0.05) is 0 Å². The molecule has 0 aliphatic heterocycles. The molecule has 0 aliphatic rings. The smallest absolute Gasteiger partial charge is 0.255 e. The van der Waals surface area contributed by atoms with Crippen LogP contribution in [0.4, 0.5) is 0 Å². The molecule has 0 radical (unpaired) electrons. The summed E-state index contributed by atoms with van der Waals surface area (Å²) in [4.78, 5) is 11.9. The van der Waals surface area contributed by atoms with E-state index in [0.29, 0.717) is 17.1 Å². The number of amides is 1. The molecule has 0 fully saturated rings. The molecule has 19 heavy (non-hydrogen) atoms.